The molecule has 94 valence electrons. The molecular weight excluding hydrogens is 220 g/mol. The second-order valence-corrected chi connectivity index (χ2v) is 4.92. The summed E-state index contributed by atoms with van der Waals surface area (Å²) in [5.41, 5.74) is 5.10. The molecule has 18 heavy (non-hydrogen) atoms. The first-order chi connectivity index (χ1) is 8.72. The Balaban J connectivity index is 2.51. The predicted octanol–water partition coefficient (Wildman–Crippen LogP) is 4.01. The minimum absolute atomic E-state index is 0.204. The molecule has 2 aromatic rings. The first-order valence-corrected chi connectivity index (χ1v) is 6.51. The third kappa shape index (κ3) is 2.80. The number of benzene rings is 2. The normalized spacial score (nSPS) is 10.9. The topological polar surface area (TPSA) is 20.2 Å². The maximum absolute atomic E-state index is 9.06. The van der Waals surface area contributed by atoms with Crippen molar-refractivity contribution >= 4 is 0 Å². The van der Waals surface area contributed by atoms with Crippen LogP contribution in [0.3, 0.4) is 0 Å². The van der Waals surface area contributed by atoms with E-state index in [1.54, 1.807) is 0 Å². The van der Waals surface area contributed by atoms with Gasteiger partial charge in [-0.3, -0.25) is 0 Å². The van der Waals surface area contributed by atoms with E-state index in [2.05, 4.69) is 56.3 Å². The second kappa shape index (κ2) is 5.83. The van der Waals surface area contributed by atoms with Crippen molar-refractivity contribution in [3.8, 4) is 11.1 Å². The van der Waals surface area contributed by atoms with Crippen molar-refractivity contribution in [2.45, 2.75) is 26.2 Å². The van der Waals surface area contributed by atoms with Crippen LogP contribution >= 0.6 is 0 Å². The Morgan fingerprint density at radius 2 is 1.72 bits per heavy atom. The first kappa shape index (κ1) is 12.8. The lowest BCUT2D eigenvalue weighted by atomic mass is 9.90. The van der Waals surface area contributed by atoms with Gasteiger partial charge in [-0.2, -0.15) is 0 Å². The number of aliphatic hydroxyl groups excluding tert-OH is 1. The minimum Gasteiger partial charge on any atom is -0.396 e. The molecule has 0 aliphatic rings. The van der Waals surface area contributed by atoms with Gasteiger partial charge in [0.25, 0.3) is 0 Å². The van der Waals surface area contributed by atoms with Gasteiger partial charge in [-0.05, 0) is 34.6 Å². The highest BCUT2D eigenvalue weighted by atomic mass is 16.2. The van der Waals surface area contributed by atoms with Crippen LogP contribution in [0.4, 0.5) is 0 Å². The zero-order valence-corrected chi connectivity index (χ0v) is 11.1. The van der Waals surface area contributed by atoms with E-state index < -0.39 is 0 Å². The molecule has 0 aromatic heterocycles. The van der Waals surface area contributed by atoms with Gasteiger partial charge in [0.1, 0.15) is 0 Å². The van der Waals surface area contributed by atoms with Crippen LogP contribution in [0.25, 0.3) is 11.1 Å². The summed E-state index contributed by atoms with van der Waals surface area (Å²) in [6, 6.07) is 17.0. The molecule has 0 saturated carbocycles. The van der Waals surface area contributed by atoms with Crippen LogP contribution in [0.2, 0.25) is 0 Å². The van der Waals surface area contributed by atoms with Crippen LogP contribution in [-0.4, -0.2) is 11.7 Å². The zero-order valence-electron chi connectivity index (χ0n) is 11.1. The SMILES string of the molecule is CC(C)c1ccc(CCO)cc1-c1ccccc1. The number of hydrogen-bond acceptors (Lipinski definition) is 1. The van der Waals surface area contributed by atoms with Gasteiger partial charge in [0.05, 0.1) is 0 Å². The van der Waals surface area contributed by atoms with E-state index in [1.807, 2.05) is 6.07 Å². The van der Waals surface area contributed by atoms with Gasteiger partial charge in [0, 0.05) is 6.61 Å². The lowest BCUT2D eigenvalue weighted by molar-refractivity contribution is 0.299. The molecule has 1 nitrogen and oxygen atoms in total. The fraction of sp³-hybridized carbons (Fsp3) is 0.294. The molecule has 0 radical (unpaired) electrons. The third-order valence-electron chi connectivity index (χ3n) is 3.22. The summed E-state index contributed by atoms with van der Waals surface area (Å²) in [4.78, 5) is 0. The van der Waals surface area contributed by atoms with Gasteiger partial charge in [-0.1, -0.05) is 62.4 Å². The third-order valence-corrected chi connectivity index (χ3v) is 3.22. The van der Waals surface area contributed by atoms with Crippen LogP contribution in [0.15, 0.2) is 48.5 Å². The zero-order chi connectivity index (χ0) is 13.0. The van der Waals surface area contributed by atoms with Crippen LogP contribution in [0, 0.1) is 0 Å². The molecule has 0 heterocycles. The van der Waals surface area contributed by atoms with E-state index >= 15 is 0 Å². The maximum atomic E-state index is 9.06. The van der Waals surface area contributed by atoms with Crippen molar-refractivity contribution in [2.75, 3.05) is 6.61 Å². The molecule has 0 fully saturated rings. The molecular formula is C17H20O. The molecule has 0 aliphatic heterocycles. The fourth-order valence-electron chi connectivity index (χ4n) is 2.26. The average molecular weight is 240 g/mol. The molecule has 1 heteroatoms. The Hall–Kier alpha value is -1.60. The van der Waals surface area contributed by atoms with Crippen LogP contribution in [0.5, 0.6) is 0 Å². The highest BCUT2D eigenvalue weighted by molar-refractivity contribution is 5.68. The van der Waals surface area contributed by atoms with E-state index in [1.165, 1.54) is 22.3 Å². The molecule has 0 bridgehead atoms. The largest absolute Gasteiger partial charge is 0.396 e. The summed E-state index contributed by atoms with van der Waals surface area (Å²) in [6.07, 6.45) is 0.720. The predicted molar refractivity (Wildman–Crippen MR) is 76.8 cm³/mol. The Morgan fingerprint density at radius 1 is 1.00 bits per heavy atom. The number of aliphatic hydroxyl groups is 1. The standard InChI is InChI=1S/C17H20O/c1-13(2)16-9-8-14(10-11-18)12-17(16)15-6-4-3-5-7-15/h3-9,12-13,18H,10-11H2,1-2H3. The lowest BCUT2D eigenvalue weighted by Crippen LogP contribution is -1.96. The Bertz CT molecular complexity index is 500. The Labute approximate surface area is 109 Å². The lowest BCUT2D eigenvalue weighted by Gasteiger charge is -2.14. The molecule has 0 atom stereocenters. The van der Waals surface area contributed by atoms with Crippen molar-refractivity contribution in [1.29, 1.82) is 0 Å². The summed E-state index contributed by atoms with van der Waals surface area (Å²) in [5.74, 6) is 0.503. The van der Waals surface area contributed by atoms with Crippen molar-refractivity contribution in [2.24, 2.45) is 0 Å². The molecule has 0 saturated heterocycles. The monoisotopic (exact) mass is 240 g/mol. The molecule has 0 amide bonds. The van der Waals surface area contributed by atoms with Crippen LogP contribution in [0.1, 0.15) is 30.9 Å². The first-order valence-electron chi connectivity index (χ1n) is 6.51. The van der Waals surface area contributed by atoms with Crippen molar-refractivity contribution in [3.63, 3.8) is 0 Å². The summed E-state index contributed by atoms with van der Waals surface area (Å²) in [7, 11) is 0. The van der Waals surface area contributed by atoms with Gasteiger partial charge in [-0.15, -0.1) is 0 Å². The van der Waals surface area contributed by atoms with Crippen LogP contribution < -0.4 is 0 Å². The van der Waals surface area contributed by atoms with Gasteiger partial charge in [0.15, 0.2) is 0 Å². The molecule has 0 spiro atoms. The van der Waals surface area contributed by atoms with Crippen molar-refractivity contribution in [3.05, 3.63) is 59.7 Å². The second-order valence-electron chi connectivity index (χ2n) is 4.92. The van der Waals surface area contributed by atoms with Crippen molar-refractivity contribution < 1.29 is 5.11 Å². The van der Waals surface area contributed by atoms with E-state index in [-0.39, 0.29) is 6.61 Å². The molecule has 2 aromatic carbocycles. The van der Waals surface area contributed by atoms with E-state index in [9.17, 15) is 0 Å². The Kier molecular flexibility index (Phi) is 4.16. The van der Waals surface area contributed by atoms with E-state index in [0.29, 0.717) is 5.92 Å². The minimum atomic E-state index is 0.204. The van der Waals surface area contributed by atoms with Crippen molar-refractivity contribution in [1.82, 2.24) is 0 Å². The highest BCUT2D eigenvalue weighted by Crippen LogP contribution is 2.30. The summed E-state index contributed by atoms with van der Waals surface area (Å²) in [6.45, 7) is 4.64. The number of hydrogen-bond donors (Lipinski definition) is 1. The van der Waals surface area contributed by atoms with Crippen LogP contribution in [-0.2, 0) is 6.42 Å². The average Bonchev–Trinajstić information content (AvgIpc) is 2.40. The molecule has 2 rings (SSSR count). The van der Waals surface area contributed by atoms with Gasteiger partial charge < -0.3 is 5.11 Å². The van der Waals surface area contributed by atoms with Gasteiger partial charge in [-0.25, -0.2) is 0 Å². The summed E-state index contributed by atoms with van der Waals surface area (Å²) >= 11 is 0. The molecule has 0 aliphatic carbocycles. The molecule has 0 unspecified atom stereocenters. The van der Waals surface area contributed by atoms with Gasteiger partial charge >= 0.3 is 0 Å². The number of rotatable bonds is 4. The smallest absolute Gasteiger partial charge is 0.0471 e. The molecule has 1 N–H and O–H groups in total. The van der Waals surface area contributed by atoms with Gasteiger partial charge in [0.2, 0.25) is 0 Å². The summed E-state index contributed by atoms with van der Waals surface area (Å²) in [5, 5.41) is 9.06. The van der Waals surface area contributed by atoms with E-state index in [0.717, 1.165) is 6.42 Å². The quantitative estimate of drug-likeness (QED) is 0.856. The maximum Gasteiger partial charge on any atom is 0.0471 e. The van der Waals surface area contributed by atoms with E-state index in [4.69, 9.17) is 5.11 Å². The fourth-order valence-corrected chi connectivity index (χ4v) is 2.26. The summed E-state index contributed by atoms with van der Waals surface area (Å²) < 4.78 is 0. The highest BCUT2D eigenvalue weighted by Gasteiger charge is 2.09. The Morgan fingerprint density at radius 3 is 2.33 bits per heavy atom.